The predicted molar refractivity (Wildman–Crippen MR) is 60.2 cm³/mol. The van der Waals surface area contributed by atoms with E-state index in [-0.39, 0.29) is 11.6 Å². The zero-order valence-corrected chi connectivity index (χ0v) is 9.40. The van der Waals surface area contributed by atoms with Crippen LogP contribution in [-0.2, 0) is 4.74 Å². The number of aromatic hydroxyl groups is 1. The number of aromatic nitrogens is 2. The van der Waals surface area contributed by atoms with Gasteiger partial charge in [-0.25, -0.2) is 4.98 Å². The molecule has 0 fully saturated rings. The summed E-state index contributed by atoms with van der Waals surface area (Å²) < 4.78 is 6.58. The molecular weight excluding hydrogens is 206 g/mol. The van der Waals surface area contributed by atoms with E-state index in [1.807, 2.05) is 13.1 Å². The number of methoxy groups -OCH3 is 1. The van der Waals surface area contributed by atoms with Crippen molar-refractivity contribution in [2.45, 2.75) is 13.8 Å². The maximum Gasteiger partial charge on any atom is 0.232 e. The van der Waals surface area contributed by atoms with Gasteiger partial charge in [0.15, 0.2) is 11.4 Å². The van der Waals surface area contributed by atoms with Crippen molar-refractivity contribution in [2.24, 2.45) is 0 Å². The minimum absolute atomic E-state index is 0.0370. The molecule has 2 N–H and O–H groups in total. The molecule has 84 valence electrons. The van der Waals surface area contributed by atoms with Gasteiger partial charge in [0.2, 0.25) is 5.90 Å². The molecule has 0 amide bonds. The predicted octanol–water partition coefficient (Wildman–Crippen LogP) is 1.63. The van der Waals surface area contributed by atoms with Crippen LogP contribution in [0.1, 0.15) is 17.0 Å². The van der Waals surface area contributed by atoms with E-state index in [0.717, 1.165) is 5.56 Å². The Morgan fingerprint density at radius 2 is 2.19 bits per heavy atom. The van der Waals surface area contributed by atoms with Crippen LogP contribution >= 0.6 is 0 Å². The molecule has 16 heavy (non-hydrogen) atoms. The summed E-state index contributed by atoms with van der Waals surface area (Å²) in [5, 5.41) is 17.4. The summed E-state index contributed by atoms with van der Waals surface area (Å²) in [5.41, 5.74) is 2.57. The third-order valence-electron chi connectivity index (χ3n) is 2.43. The first-order chi connectivity index (χ1) is 7.54. The van der Waals surface area contributed by atoms with Crippen LogP contribution in [-0.4, -0.2) is 27.5 Å². The van der Waals surface area contributed by atoms with Crippen molar-refractivity contribution in [3.05, 3.63) is 29.2 Å². The van der Waals surface area contributed by atoms with Crippen molar-refractivity contribution >= 4 is 11.5 Å². The van der Waals surface area contributed by atoms with Gasteiger partial charge in [-0.05, 0) is 25.5 Å². The Kier molecular flexibility index (Phi) is 2.30. The van der Waals surface area contributed by atoms with E-state index in [1.165, 1.54) is 7.11 Å². The van der Waals surface area contributed by atoms with E-state index in [2.05, 4.69) is 4.98 Å². The topological polar surface area (TPSA) is 70.6 Å². The number of nitrogens with one attached hydrogen (secondary N) is 1. The van der Waals surface area contributed by atoms with Crippen LogP contribution < -0.4 is 0 Å². The van der Waals surface area contributed by atoms with Crippen LogP contribution in [0.5, 0.6) is 5.75 Å². The highest BCUT2D eigenvalue weighted by Gasteiger charge is 2.16. The number of fused-ring (bicyclic) bond motifs is 1. The number of rotatable bonds is 1. The van der Waals surface area contributed by atoms with E-state index < -0.39 is 0 Å². The van der Waals surface area contributed by atoms with Crippen molar-refractivity contribution in [3.8, 4) is 5.75 Å². The zero-order valence-electron chi connectivity index (χ0n) is 9.40. The lowest BCUT2D eigenvalue weighted by atomic mass is 10.3. The molecule has 0 radical (unpaired) electrons. The van der Waals surface area contributed by atoms with Gasteiger partial charge in [0, 0.05) is 6.20 Å². The number of ether oxygens (including phenoxy) is 1. The number of hydrogen-bond acceptors (Lipinski definition) is 4. The largest absolute Gasteiger partial charge is 0.504 e. The molecule has 0 aliphatic rings. The van der Waals surface area contributed by atoms with Gasteiger partial charge in [0.25, 0.3) is 0 Å². The normalized spacial score (nSPS) is 10.7. The Morgan fingerprint density at radius 3 is 2.81 bits per heavy atom. The van der Waals surface area contributed by atoms with Gasteiger partial charge in [-0.15, -0.1) is 0 Å². The Morgan fingerprint density at radius 1 is 1.50 bits per heavy atom. The monoisotopic (exact) mass is 219 g/mol. The van der Waals surface area contributed by atoms with Gasteiger partial charge in [-0.1, -0.05) is 0 Å². The van der Waals surface area contributed by atoms with Gasteiger partial charge in [0.05, 0.1) is 12.8 Å². The maximum atomic E-state index is 9.75. The summed E-state index contributed by atoms with van der Waals surface area (Å²) in [6, 6.07) is 1.64. The van der Waals surface area contributed by atoms with Crippen LogP contribution in [0.3, 0.4) is 0 Å². The minimum Gasteiger partial charge on any atom is -0.504 e. The number of pyridine rings is 1. The molecule has 0 saturated heterocycles. The summed E-state index contributed by atoms with van der Waals surface area (Å²) in [5.74, 6) is 0.147. The number of imidazole rings is 1. The second-order valence-electron chi connectivity index (χ2n) is 3.68. The average molecular weight is 219 g/mol. The highest BCUT2D eigenvalue weighted by atomic mass is 16.5. The Hall–Kier alpha value is -2.04. The molecule has 0 bridgehead atoms. The smallest absolute Gasteiger partial charge is 0.232 e. The SMILES string of the molecule is COC(=N)c1c(C)nc2c(O)cc(C)cn12. The minimum atomic E-state index is 0.0370. The molecule has 0 unspecified atom stereocenters. The average Bonchev–Trinajstić information content (AvgIpc) is 2.54. The van der Waals surface area contributed by atoms with Gasteiger partial charge < -0.3 is 9.84 Å². The number of aryl methyl sites for hydroxylation is 2. The Labute approximate surface area is 92.8 Å². The molecule has 0 saturated carbocycles. The fourth-order valence-electron chi connectivity index (χ4n) is 1.74. The van der Waals surface area contributed by atoms with Crippen LogP contribution in [0.25, 0.3) is 5.65 Å². The molecule has 2 heterocycles. The summed E-state index contributed by atoms with van der Waals surface area (Å²) in [4.78, 5) is 4.21. The molecule has 2 rings (SSSR count). The highest BCUT2D eigenvalue weighted by Crippen LogP contribution is 2.22. The van der Waals surface area contributed by atoms with Gasteiger partial charge in [-0.2, -0.15) is 0 Å². The van der Waals surface area contributed by atoms with Crippen LogP contribution in [0.4, 0.5) is 0 Å². The fraction of sp³-hybridized carbons (Fsp3) is 0.273. The molecule has 2 aromatic rings. The number of hydrogen-bond donors (Lipinski definition) is 2. The molecule has 5 nitrogen and oxygen atoms in total. The first-order valence-electron chi connectivity index (χ1n) is 4.85. The maximum absolute atomic E-state index is 9.75. The summed E-state index contributed by atoms with van der Waals surface area (Å²) in [6.45, 7) is 3.65. The van der Waals surface area contributed by atoms with Crippen molar-refractivity contribution < 1.29 is 9.84 Å². The molecule has 0 spiro atoms. The van der Waals surface area contributed by atoms with Crippen LogP contribution in [0.15, 0.2) is 12.3 Å². The second-order valence-corrected chi connectivity index (χ2v) is 3.68. The molecule has 2 aromatic heterocycles. The third-order valence-corrected chi connectivity index (χ3v) is 2.43. The van der Waals surface area contributed by atoms with Crippen molar-refractivity contribution in [1.82, 2.24) is 9.38 Å². The zero-order chi connectivity index (χ0) is 11.9. The summed E-state index contributed by atoms with van der Waals surface area (Å²) in [7, 11) is 1.44. The van der Waals surface area contributed by atoms with Gasteiger partial charge in [0.1, 0.15) is 5.69 Å². The Balaban J connectivity index is 2.83. The summed E-state index contributed by atoms with van der Waals surface area (Å²) >= 11 is 0. The second kappa shape index (κ2) is 3.52. The molecular formula is C11H13N3O2. The summed E-state index contributed by atoms with van der Waals surface area (Å²) in [6.07, 6.45) is 1.82. The van der Waals surface area contributed by atoms with Crippen LogP contribution in [0, 0.1) is 19.3 Å². The molecule has 5 heteroatoms. The molecule has 0 aromatic carbocycles. The van der Waals surface area contributed by atoms with Crippen molar-refractivity contribution in [2.75, 3.05) is 7.11 Å². The van der Waals surface area contributed by atoms with E-state index in [4.69, 9.17) is 10.1 Å². The molecule has 0 aliphatic carbocycles. The third kappa shape index (κ3) is 1.41. The van der Waals surface area contributed by atoms with Crippen LogP contribution in [0.2, 0.25) is 0 Å². The Bertz CT molecular complexity index is 572. The first kappa shape index (κ1) is 10.5. The lowest BCUT2D eigenvalue weighted by Crippen LogP contribution is -2.07. The lowest BCUT2D eigenvalue weighted by Gasteiger charge is -2.05. The molecule has 0 atom stereocenters. The van der Waals surface area contributed by atoms with E-state index in [9.17, 15) is 5.11 Å². The van der Waals surface area contributed by atoms with E-state index >= 15 is 0 Å². The fourth-order valence-corrected chi connectivity index (χ4v) is 1.74. The van der Waals surface area contributed by atoms with Crippen molar-refractivity contribution in [1.29, 1.82) is 5.41 Å². The standard InChI is InChI=1S/C11H13N3O2/c1-6-4-8(15)11-13-7(2)9(10(12)16-3)14(11)5-6/h4-5,12,15H,1-3H3. The first-order valence-corrected chi connectivity index (χ1v) is 4.85. The lowest BCUT2D eigenvalue weighted by molar-refractivity contribution is 0.399. The van der Waals surface area contributed by atoms with E-state index in [1.54, 1.807) is 17.4 Å². The van der Waals surface area contributed by atoms with E-state index in [0.29, 0.717) is 17.0 Å². The van der Waals surface area contributed by atoms with Gasteiger partial charge in [-0.3, -0.25) is 9.81 Å². The quantitative estimate of drug-likeness (QED) is 0.565. The van der Waals surface area contributed by atoms with Gasteiger partial charge >= 0.3 is 0 Å². The highest BCUT2D eigenvalue weighted by molar-refractivity contribution is 5.92. The number of nitrogens with zero attached hydrogens (tertiary/aromatic N) is 2. The molecule has 0 aliphatic heterocycles. The van der Waals surface area contributed by atoms with Crippen molar-refractivity contribution in [3.63, 3.8) is 0 Å².